The summed E-state index contributed by atoms with van der Waals surface area (Å²) in [4.78, 5) is 4.57. The molecule has 0 radical (unpaired) electrons. The number of nitrogens with one attached hydrogen (secondary N) is 1. The minimum atomic E-state index is 0.860. The van der Waals surface area contributed by atoms with E-state index in [1.807, 2.05) is 19.4 Å². The molecule has 1 N–H and O–H groups in total. The van der Waals surface area contributed by atoms with Crippen molar-refractivity contribution in [2.45, 2.75) is 19.9 Å². The van der Waals surface area contributed by atoms with E-state index in [0.29, 0.717) is 0 Å². The molecular formula is C11H16N4S. The van der Waals surface area contributed by atoms with Crippen LogP contribution < -0.4 is 5.32 Å². The number of thiazole rings is 1. The molecular weight excluding hydrogens is 220 g/mol. The molecule has 2 heterocycles. The van der Waals surface area contributed by atoms with Gasteiger partial charge in [0, 0.05) is 30.7 Å². The maximum Gasteiger partial charge on any atom is 0.107 e. The summed E-state index contributed by atoms with van der Waals surface area (Å²) in [7, 11) is 1.92. The van der Waals surface area contributed by atoms with Crippen molar-refractivity contribution in [2.75, 3.05) is 6.54 Å². The third-order valence-corrected chi connectivity index (χ3v) is 3.10. The van der Waals surface area contributed by atoms with E-state index in [1.54, 1.807) is 16.0 Å². The van der Waals surface area contributed by atoms with Crippen LogP contribution in [0.15, 0.2) is 17.8 Å². The molecule has 0 unspecified atom stereocenters. The third-order valence-electron chi connectivity index (χ3n) is 2.26. The molecule has 2 rings (SSSR count). The summed E-state index contributed by atoms with van der Waals surface area (Å²) in [5.41, 5.74) is 2.10. The summed E-state index contributed by atoms with van der Waals surface area (Å²) in [6.45, 7) is 4.07. The fourth-order valence-corrected chi connectivity index (χ4v) is 2.22. The van der Waals surface area contributed by atoms with Gasteiger partial charge in [0.15, 0.2) is 0 Å². The molecule has 5 heteroatoms. The van der Waals surface area contributed by atoms with Crippen LogP contribution in [0.3, 0.4) is 0 Å². The zero-order valence-electron chi connectivity index (χ0n) is 9.60. The molecule has 0 amide bonds. The third kappa shape index (κ3) is 2.68. The Hall–Kier alpha value is -1.20. The van der Waals surface area contributed by atoms with Crippen LogP contribution in [0, 0.1) is 0 Å². The van der Waals surface area contributed by atoms with Crippen molar-refractivity contribution < 1.29 is 0 Å². The van der Waals surface area contributed by atoms with Crippen molar-refractivity contribution in [1.82, 2.24) is 20.1 Å². The molecule has 2 aromatic rings. The van der Waals surface area contributed by atoms with Crippen LogP contribution >= 0.6 is 11.3 Å². The van der Waals surface area contributed by atoms with Crippen molar-refractivity contribution in [3.05, 3.63) is 22.8 Å². The first kappa shape index (κ1) is 11.3. The van der Waals surface area contributed by atoms with Crippen molar-refractivity contribution in [2.24, 2.45) is 7.05 Å². The lowest BCUT2D eigenvalue weighted by molar-refractivity contribution is 0.673. The van der Waals surface area contributed by atoms with Gasteiger partial charge in [-0.1, -0.05) is 6.92 Å². The van der Waals surface area contributed by atoms with E-state index < -0.39 is 0 Å². The molecule has 2 aromatic heterocycles. The summed E-state index contributed by atoms with van der Waals surface area (Å²) < 4.78 is 1.80. The zero-order chi connectivity index (χ0) is 11.4. The molecule has 0 atom stereocenters. The van der Waals surface area contributed by atoms with Gasteiger partial charge in [-0.2, -0.15) is 5.10 Å². The van der Waals surface area contributed by atoms with E-state index in [-0.39, 0.29) is 0 Å². The lowest BCUT2D eigenvalue weighted by Crippen LogP contribution is -2.13. The highest BCUT2D eigenvalue weighted by molar-refractivity contribution is 7.09. The topological polar surface area (TPSA) is 42.7 Å². The molecule has 0 aromatic carbocycles. The first-order chi connectivity index (χ1) is 7.79. The lowest BCUT2D eigenvalue weighted by atomic mass is 10.3. The van der Waals surface area contributed by atoms with Gasteiger partial charge in [-0.3, -0.25) is 4.68 Å². The van der Waals surface area contributed by atoms with Crippen LogP contribution in [0.2, 0.25) is 0 Å². The highest BCUT2D eigenvalue weighted by atomic mass is 32.1. The Morgan fingerprint density at radius 3 is 3.06 bits per heavy atom. The highest BCUT2D eigenvalue weighted by Crippen LogP contribution is 2.20. The molecule has 0 aliphatic rings. The van der Waals surface area contributed by atoms with Gasteiger partial charge in [-0.05, 0) is 13.0 Å². The highest BCUT2D eigenvalue weighted by Gasteiger charge is 2.05. The molecule has 4 nitrogen and oxygen atoms in total. The van der Waals surface area contributed by atoms with Crippen molar-refractivity contribution in [3.8, 4) is 11.3 Å². The maximum absolute atomic E-state index is 4.57. The Morgan fingerprint density at radius 2 is 2.38 bits per heavy atom. The molecule has 0 saturated heterocycles. The Bertz CT molecular complexity index is 446. The first-order valence-corrected chi connectivity index (χ1v) is 6.31. The molecule has 86 valence electrons. The maximum atomic E-state index is 4.57. The van der Waals surface area contributed by atoms with Crippen LogP contribution in [0.4, 0.5) is 0 Å². The minimum Gasteiger partial charge on any atom is -0.310 e. The largest absolute Gasteiger partial charge is 0.310 e. The Morgan fingerprint density at radius 1 is 1.50 bits per heavy atom. The van der Waals surface area contributed by atoms with Gasteiger partial charge < -0.3 is 5.32 Å². The first-order valence-electron chi connectivity index (χ1n) is 5.43. The van der Waals surface area contributed by atoms with Gasteiger partial charge in [0.2, 0.25) is 0 Å². The average molecular weight is 236 g/mol. The number of nitrogens with zero attached hydrogens (tertiary/aromatic N) is 3. The quantitative estimate of drug-likeness (QED) is 0.808. The van der Waals surface area contributed by atoms with Gasteiger partial charge in [-0.15, -0.1) is 11.3 Å². The Kier molecular flexibility index (Phi) is 3.69. The monoisotopic (exact) mass is 236 g/mol. The number of hydrogen-bond donors (Lipinski definition) is 1. The zero-order valence-corrected chi connectivity index (χ0v) is 10.4. The molecule has 0 aliphatic heterocycles. The van der Waals surface area contributed by atoms with Crippen LogP contribution in [0.1, 0.15) is 18.4 Å². The standard InChI is InChI=1S/C11H16N4S/c1-3-4-12-6-11-14-10(8-16-11)9-5-13-15(2)7-9/h5,7-8,12H,3-4,6H2,1-2H3. The van der Waals surface area contributed by atoms with Gasteiger partial charge in [-0.25, -0.2) is 4.98 Å². The van der Waals surface area contributed by atoms with E-state index in [0.717, 1.165) is 35.8 Å². The molecule has 0 bridgehead atoms. The number of aromatic nitrogens is 3. The lowest BCUT2D eigenvalue weighted by Gasteiger charge is -1.97. The average Bonchev–Trinajstić information content (AvgIpc) is 2.87. The van der Waals surface area contributed by atoms with Crippen LogP contribution in [0.5, 0.6) is 0 Å². The van der Waals surface area contributed by atoms with Gasteiger partial charge >= 0.3 is 0 Å². The minimum absolute atomic E-state index is 0.860. The molecule has 0 spiro atoms. The van der Waals surface area contributed by atoms with Gasteiger partial charge in [0.05, 0.1) is 11.9 Å². The predicted octanol–water partition coefficient (Wildman–Crippen LogP) is 2.04. The number of aryl methyl sites for hydroxylation is 1. The van der Waals surface area contributed by atoms with E-state index in [1.165, 1.54) is 0 Å². The van der Waals surface area contributed by atoms with Crippen LogP contribution in [-0.2, 0) is 13.6 Å². The molecule has 16 heavy (non-hydrogen) atoms. The summed E-state index contributed by atoms with van der Waals surface area (Å²) in [5, 5.41) is 10.7. The predicted molar refractivity (Wildman–Crippen MR) is 66.3 cm³/mol. The van der Waals surface area contributed by atoms with Gasteiger partial charge in [0.25, 0.3) is 0 Å². The van der Waals surface area contributed by atoms with E-state index in [2.05, 4.69) is 27.7 Å². The summed E-state index contributed by atoms with van der Waals surface area (Å²) in [6, 6.07) is 0. The van der Waals surface area contributed by atoms with Crippen molar-refractivity contribution >= 4 is 11.3 Å². The number of rotatable bonds is 5. The summed E-state index contributed by atoms with van der Waals surface area (Å²) in [6.07, 6.45) is 4.98. The van der Waals surface area contributed by atoms with E-state index >= 15 is 0 Å². The Labute approximate surface area is 99.3 Å². The van der Waals surface area contributed by atoms with Crippen LogP contribution in [-0.4, -0.2) is 21.3 Å². The SMILES string of the molecule is CCCNCc1nc(-c2cnn(C)c2)cs1. The fourth-order valence-electron chi connectivity index (χ4n) is 1.45. The Balaban J connectivity index is 2.02. The molecule has 0 aliphatic carbocycles. The second-order valence-corrected chi connectivity index (χ2v) is 4.65. The second-order valence-electron chi connectivity index (χ2n) is 3.71. The fraction of sp³-hybridized carbons (Fsp3) is 0.455. The molecule has 0 fully saturated rings. The smallest absolute Gasteiger partial charge is 0.107 e. The van der Waals surface area contributed by atoms with Crippen molar-refractivity contribution in [3.63, 3.8) is 0 Å². The van der Waals surface area contributed by atoms with E-state index in [4.69, 9.17) is 0 Å². The summed E-state index contributed by atoms with van der Waals surface area (Å²) in [5.74, 6) is 0. The van der Waals surface area contributed by atoms with Crippen molar-refractivity contribution in [1.29, 1.82) is 0 Å². The van der Waals surface area contributed by atoms with E-state index in [9.17, 15) is 0 Å². The summed E-state index contributed by atoms with van der Waals surface area (Å²) >= 11 is 1.69. The molecule has 0 saturated carbocycles. The normalized spacial score (nSPS) is 10.9. The second kappa shape index (κ2) is 5.23. The van der Waals surface area contributed by atoms with Crippen LogP contribution in [0.25, 0.3) is 11.3 Å². The number of hydrogen-bond acceptors (Lipinski definition) is 4. The van der Waals surface area contributed by atoms with Gasteiger partial charge in [0.1, 0.15) is 5.01 Å².